The fourth-order valence-corrected chi connectivity index (χ4v) is 1.87. The first-order valence-electron chi connectivity index (χ1n) is 6.90. The van der Waals surface area contributed by atoms with Crippen LogP contribution in [0, 0.1) is 0 Å². The molecule has 1 aliphatic heterocycles. The summed E-state index contributed by atoms with van der Waals surface area (Å²) >= 11 is 0. The summed E-state index contributed by atoms with van der Waals surface area (Å²) in [5.41, 5.74) is -0.586. The molecule has 0 radical (unpaired) electrons. The molecule has 1 aliphatic rings. The van der Waals surface area contributed by atoms with Crippen molar-refractivity contribution < 1.29 is 29.0 Å². The molecule has 0 aromatic carbocycles. The third-order valence-corrected chi connectivity index (χ3v) is 2.74. The molecule has 0 spiro atoms. The number of rotatable bonds is 6. The standard InChI is InChI=1S/C13H21N3O6/c1-13(2,3)22-12(21)14-6-4-5-8-10(19)16(7-9(17)18)11(20)15-8/h8H,4-7H2,1-3H3,(H,14,21)(H,15,20)(H,17,18)/t8-/m0/s1. The second-order valence-electron chi connectivity index (χ2n) is 5.89. The van der Waals surface area contributed by atoms with Crippen LogP contribution >= 0.6 is 0 Å². The van der Waals surface area contributed by atoms with E-state index in [-0.39, 0.29) is 6.54 Å². The molecule has 1 atom stereocenters. The lowest BCUT2D eigenvalue weighted by molar-refractivity contribution is -0.141. The number of alkyl carbamates (subject to hydrolysis) is 1. The zero-order valence-electron chi connectivity index (χ0n) is 12.8. The second kappa shape index (κ2) is 7.10. The van der Waals surface area contributed by atoms with Gasteiger partial charge in [-0.1, -0.05) is 0 Å². The number of imide groups is 1. The van der Waals surface area contributed by atoms with Gasteiger partial charge in [0.05, 0.1) is 0 Å². The van der Waals surface area contributed by atoms with Crippen LogP contribution in [0.1, 0.15) is 33.6 Å². The predicted molar refractivity (Wildman–Crippen MR) is 75.1 cm³/mol. The van der Waals surface area contributed by atoms with Crippen molar-refractivity contribution in [3.05, 3.63) is 0 Å². The van der Waals surface area contributed by atoms with Gasteiger partial charge in [0.15, 0.2) is 0 Å². The topological polar surface area (TPSA) is 125 Å². The average molecular weight is 315 g/mol. The summed E-state index contributed by atoms with van der Waals surface area (Å²) in [6.45, 7) is 4.87. The highest BCUT2D eigenvalue weighted by atomic mass is 16.6. The molecule has 9 nitrogen and oxygen atoms in total. The monoisotopic (exact) mass is 315 g/mol. The largest absolute Gasteiger partial charge is 0.480 e. The van der Waals surface area contributed by atoms with Gasteiger partial charge in [-0.15, -0.1) is 0 Å². The van der Waals surface area contributed by atoms with Gasteiger partial charge >= 0.3 is 18.1 Å². The van der Waals surface area contributed by atoms with E-state index in [4.69, 9.17) is 9.84 Å². The van der Waals surface area contributed by atoms with Crippen LogP contribution in [0.15, 0.2) is 0 Å². The molecular formula is C13H21N3O6. The molecule has 0 aliphatic carbocycles. The molecule has 1 rings (SSSR count). The van der Waals surface area contributed by atoms with E-state index in [1.54, 1.807) is 20.8 Å². The zero-order valence-corrected chi connectivity index (χ0v) is 12.8. The van der Waals surface area contributed by atoms with Crippen molar-refractivity contribution in [1.29, 1.82) is 0 Å². The molecule has 1 saturated heterocycles. The summed E-state index contributed by atoms with van der Waals surface area (Å²) in [5.74, 6) is -1.82. The number of carbonyl (C=O) groups excluding carboxylic acids is 3. The Balaban J connectivity index is 2.31. The minimum Gasteiger partial charge on any atom is -0.480 e. The Labute approximate surface area is 128 Å². The molecule has 22 heavy (non-hydrogen) atoms. The first kappa shape index (κ1) is 17.7. The Bertz CT molecular complexity index is 471. The number of carboxylic acids is 1. The quantitative estimate of drug-likeness (QED) is 0.478. The van der Waals surface area contributed by atoms with Crippen molar-refractivity contribution in [1.82, 2.24) is 15.5 Å². The van der Waals surface area contributed by atoms with Crippen molar-refractivity contribution in [2.24, 2.45) is 0 Å². The van der Waals surface area contributed by atoms with Gasteiger partial charge in [0, 0.05) is 6.54 Å². The number of aliphatic carboxylic acids is 1. The number of carbonyl (C=O) groups is 4. The van der Waals surface area contributed by atoms with Gasteiger partial charge in [0.25, 0.3) is 5.91 Å². The van der Waals surface area contributed by atoms with Crippen LogP contribution in [0.2, 0.25) is 0 Å². The fourth-order valence-electron chi connectivity index (χ4n) is 1.87. The van der Waals surface area contributed by atoms with Crippen molar-refractivity contribution >= 4 is 24.0 Å². The van der Waals surface area contributed by atoms with Gasteiger partial charge in [0.1, 0.15) is 18.2 Å². The molecule has 1 fully saturated rings. The summed E-state index contributed by atoms with van der Waals surface area (Å²) in [5, 5.41) is 13.6. The molecule has 0 saturated carbocycles. The molecule has 0 aromatic rings. The highest BCUT2D eigenvalue weighted by molar-refractivity contribution is 6.05. The Morgan fingerprint density at radius 1 is 1.36 bits per heavy atom. The van der Waals surface area contributed by atoms with Crippen molar-refractivity contribution in [2.45, 2.75) is 45.3 Å². The fraction of sp³-hybridized carbons (Fsp3) is 0.692. The van der Waals surface area contributed by atoms with Crippen LogP contribution < -0.4 is 10.6 Å². The first-order chi connectivity index (χ1) is 10.1. The second-order valence-corrected chi connectivity index (χ2v) is 5.89. The van der Waals surface area contributed by atoms with E-state index in [9.17, 15) is 19.2 Å². The normalized spacial score (nSPS) is 18.1. The smallest absolute Gasteiger partial charge is 0.407 e. The number of hydrogen-bond donors (Lipinski definition) is 3. The van der Waals surface area contributed by atoms with Crippen LogP contribution in [0.5, 0.6) is 0 Å². The lowest BCUT2D eigenvalue weighted by atomic mass is 10.1. The number of hydrogen-bond acceptors (Lipinski definition) is 5. The highest BCUT2D eigenvalue weighted by Crippen LogP contribution is 2.11. The summed E-state index contributed by atoms with van der Waals surface area (Å²) < 4.78 is 5.05. The number of nitrogens with one attached hydrogen (secondary N) is 2. The van der Waals surface area contributed by atoms with Gasteiger partial charge in [-0.05, 0) is 33.6 Å². The van der Waals surface area contributed by atoms with Gasteiger partial charge in [0.2, 0.25) is 0 Å². The Morgan fingerprint density at radius 2 is 2.00 bits per heavy atom. The lowest BCUT2D eigenvalue weighted by Crippen LogP contribution is -2.36. The molecular weight excluding hydrogens is 294 g/mol. The number of ether oxygens (including phenoxy) is 1. The Morgan fingerprint density at radius 3 is 2.55 bits per heavy atom. The average Bonchev–Trinajstić information content (AvgIpc) is 2.60. The number of carboxylic acid groups (broad SMARTS) is 1. The zero-order chi connectivity index (χ0) is 16.9. The molecule has 9 heteroatoms. The van der Waals surface area contributed by atoms with Gasteiger partial charge in [-0.2, -0.15) is 0 Å². The highest BCUT2D eigenvalue weighted by Gasteiger charge is 2.38. The Hall–Kier alpha value is -2.32. The van der Waals surface area contributed by atoms with E-state index in [2.05, 4.69) is 10.6 Å². The third kappa shape index (κ3) is 5.58. The maximum atomic E-state index is 11.8. The lowest BCUT2D eigenvalue weighted by Gasteiger charge is -2.19. The molecule has 3 N–H and O–H groups in total. The predicted octanol–water partition coefficient (Wildman–Crippen LogP) is 0.296. The number of urea groups is 1. The van der Waals surface area contributed by atoms with Crippen LogP contribution in [0.4, 0.5) is 9.59 Å². The molecule has 1 heterocycles. The third-order valence-electron chi connectivity index (χ3n) is 2.74. The summed E-state index contributed by atoms with van der Waals surface area (Å²) in [7, 11) is 0. The van der Waals surface area contributed by atoms with Crippen molar-refractivity contribution in [3.63, 3.8) is 0 Å². The maximum absolute atomic E-state index is 11.8. The first-order valence-corrected chi connectivity index (χ1v) is 6.90. The summed E-state index contributed by atoms with van der Waals surface area (Å²) in [6.07, 6.45) is 0.189. The summed E-state index contributed by atoms with van der Waals surface area (Å²) in [6, 6.07) is -1.47. The van der Waals surface area contributed by atoms with Gasteiger partial charge < -0.3 is 20.5 Å². The van der Waals surface area contributed by atoms with E-state index < -0.39 is 42.2 Å². The molecule has 0 unspecified atom stereocenters. The Kier molecular flexibility index (Phi) is 5.72. The van der Waals surface area contributed by atoms with E-state index >= 15 is 0 Å². The number of nitrogens with zero attached hydrogens (tertiary/aromatic N) is 1. The number of amides is 4. The minimum absolute atomic E-state index is 0.285. The van der Waals surface area contributed by atoms with Gasteiger partial charge in [-0.25, -0.2) is 9.59 Å². The molecule has 124 valence electrons. The van der Waals surface area contributed by atoms with E-state index in [1.165, 1.54) is 0 Å². The van der Waals surface area contributed by atoms with E-state index in [0.717, 1.165) is 0 Å². The van der Waals surface area contributed by atoms with Crippen LogP contribution in [-0.4, -0.2) is 58.7 Å². The van der Waals surface area contributed by atoms with Crippen LogP contribution in [0.25, 0.3) is 0 Å². The van der Waals surface area contributed by atoms with E-state index in [0.29, 0.717) is 17.7 Å². The molecule has 0 aromatic heterocycles. The van der Waals surface area contributed by atoms with Crippen LogP contribution in [0.3, 0.4) is 0 Å². The van der Waals surface area contributed by atoms with Crippen molar-refractivity contribution in [3.8, 4) is 0 Å². The SMILES string of the molecule is CC(C)(C)OC(=O)NCCC[C@@H]1NC(=O)N(CC(=O)O)C1=O. The molecule has 0 bridgehead atoms. The summed E-state index contributed by atoms with van der Waals surface area (Å²) in [4.78, 5) is 45.9. The minimum atomic E-state index is -1.25. The van der Waals surface area contributed by atoms with E-state index in [1.807, 2.05) is 0 Å². The van der Waals surface area contributed by atoms with Crippen molar-refractivity contribution in [2.75, 3.05) is 13.1 Å². The van der Waals surface area contributed by atoms with Crippen LogP contribution in [-0.2, 0) is 14.3 Å². The molecule has 4 amide bonds. The van der Waals surface area contributed by atoms with Gasteiger partial charge in [-0.3, -0.25) is 14.5 Å². The maximum Gasteiger partial charge on any atom is 0.407 e.